The van der Waals surface area contributed by atoms with Gasteiger partial charge in [-0.3, -0.25) is 19.5 Å². The summed E-state index contributed by atoms with van der Waals surface area (Å²) in [6.45, 7) is 6.68. The highest BCUT2D eigenvalue weighted by atomic mass is 32.2. The highest BCUT2D eigenvalue weighted by molar-refractivity contribution is 7.92. The molecule has 0 spiro atoms. The fraction of sp³-hybridized carbons (Fsp3) is 0.292. The molecule has 0 radical (unpaired) electrons. The van der Waals surface area contributed by atoms with Crippen LogP contribution in [0.25, 0.3) is 11.3 Å². The first-order valence-electron chi connectivity index (χ1n) is 10.5. The van der Waals surface area contributed by atoms with Gasteiger partial charge in [-0.1, -0.05) is 26.8 Å². The largest absolute Gasteiger partial charge is 0.506 e. The third kappa shape index (κ3) is 4.83. The first kappa shape index (κ1) is 22.7. The molecule has 0 unspecified atom stereocenters. The maximum Gasteiger partial charge on any atom is 0.258 e. The summed E-state index contributed by atoms with van der Waals surface area (Å²) in [5, 5.41) is 9.98. The lowest BCUT2D eigenvalue weighted by Crippen LogP contribution is -2.37. The number of amides is 1. The van der Waals surface area contributed by atoms with Crippen molar-refractivity contribution in [3.05, 3.63) is 65.6 Å². The molecule has 0 bridgehead atoms. The standard InChI is InChI=1S/C24H26N4O4S/c1-24(2,3)22-14-25-20(13-26-22)16-5-7-18-15(11-16)9-10-28(23(18)30)17-6-8-21(29)19(12-17)27-33(4,31)32/h5-8,11-14,27,29H,9-10H2,1-4H3. The third-order valence-electron chi connectivity index (χ3n) is 5.49. The summed E-state index contributed by atoms with van der Waals surface area (Å²) in [5.41, 5.74) is 4.50. The Morgan fingerprint density at radius 3 is 2.45 bits per heavy atom. The number of hydrogen-bond acceptors (Lipinski definition) is 6. The van der Waals surface area contributed by atoms with Gasteiger partial charge in [0.25, 0.3) is 5.91 Å². The van der Waals surface area contributed by atoms with Crippen molar-refractivity contribution in [2.24, 2.45) is 0 Å². The van der Waals surface area contributed by atoms with Crippen LogP contribution in [0.15, 0.2) is 48.8 Å². The van der Waals surface area contributed by atoms with Gasteiger partial charge >= 0.3 is 0 Å². The van der Waals surface area contributed by atoms with Gasteiger partial charge in [0, 0.05) is 35.0 Å². The number of hydrogen-bond donors (Lipinski definition) is 2. The molecule has 2 aromatic carbocycles. The predicted octanol–water partition coefficient (Wildman–Crippen LogP) is 3.72. The molecule has 0 aliphatic carbocycles. The van der Waals surface area contributed by atoms with E-state index in [0.717, 1.165) is 28.8 Å². The third-order valence-corrected chi connectivity index (χ3v) is 6.08. The van der Waals surface area contributed by atoms with Gasteiger partial charge in [0.15, 0.2) is 0 Å². The van der Waals surface area contributed by atoms with E-state index in [9.17, 15) is 18.3 Å². The number of nitrogens with one attached hydrogen (secondary N) is 1. The second-order valence-electron chi connectivity index (χ2n) is 9.19. The lowest BCUT2D eigenvalue weighted by Gasteiger charge is -2.29. The van der Waals surface area contributed by atoms with Crippen molar-refractivity contribution < 1.29 is 18.3 Å². The summed E-state index contributed by atoms with van der Waals surface area (Å²) in [4.78, 5) is 23.9. The summed E-state index contributed by atoms with van der Waals surface area (Å²) >= 11 is 0. The van der Waals surface area contributed by atoms with Crippen LogP contribution in [0, 0.1) is 0 Å². The molecule has 9 heteroatoms. The molecular formula is C24H26N4O4S. The molecule has 0 fully saturated rings. The maximum atomic E-state index is 13.2. The molecular weight excluding hydrogens is 440 g/mol. The van der Waals surface area contributed by atoms with Crippen LogP contribution in [0.3, 0.4) is 0 Å². The number of fused-ring (bicyclic) bond motifs is 1. The van der Waals surface area contributed by atoms with Crippen molar-refractivity contribution in [2.75, 3.05) is 22.4 Å². The van der Waals surface area contributed by atoms with Crippen LogP contribution in [-0.4, -0.2) is 42.2 Å². The van der Waals surface area contributed by atoms with E-state index in [1.54, 1.807) is 29.4 Å². The van der Waals surface area contributed by atoms with Gasteiger partial charge in [-0.2, -0.15) is 0 Å². The van der Waals surface area contributed by atoms with Gasteiger partial charge in [-0.25, -0.2) is 8.42 Å². The smallest absolute Gasteiger partial charge is 0.258 e. The molecule has 1 aliphatic heterocycles. The lowest BCUT2D eigenvalue weighted by molar-refractivity contribution is 0.0980. The molecule has 3 aromatic rings. The summed E-state index contributed by atoms with van der Waals surface area (Å²) in [5.74, 6) is -0.398. The lowest BCUT2D eigenvalue weighted by atomic mass is 9.92. The van der Waals surface area contributed by atoms with Crippen LogP contribution in [-0.2, 0) is 21.9 Å². The van der Waals surface area contributed by atoms with Gasteiger partial charge in [0.2, 0.25) is 10.0 Å². The van der Waals surface area contributed by atoms with Gasteiger partial charge in [-0.05, 0) is 42.3 Å². The number of phenolic OH excluding ortho intramolecular Hbond substituents is 1. The van der Waals surface area contributed by atoms with E-state index in [1.165, 1.54) is 12.1 Å². The first-order chi connectivity index (χ1) is 15.4. The molecule has 4 rings (SSSR count). The van der Waals surface area contributed by atoms with Gasteiger partial charge in [-0.15, -0.1) is 0 Å². The SMILES string of the molecule is CC(C)(C)c1cnc(-c2ccc3c(c2)CCN(c2ccc(O)c(NS(C)(=O)=O)c2)C3=O)cn1. The first-order valence-corrected chi connectivity index (χ1v) is 12.4. The van der Waals surface area contributed by atoms with E-state index in [4.69, 9.17) is 0 Å². The van der Waals surface area contributed by atoms with E-state index in [-0.39, 0.29) is 22.8 Å². The number of sulfonamides is 1. The number of rotatable bonds is 4. The molecule has 33 heavy (non-hydrogen) atoms. The highest BCUT2D eigenvalue weighted by Crippen LogP contribution is 2.33. The quantitative estimate of drug-likeness (QED) is 0.567. The van der Waals surface area contributed by atoms with Gasteiger partial charge in [0.05, 0.1) is 29.5 Å². The summed E-state index contributed by atoms with van der Waals surface area (Å²) in [6.07, 6.45) is 5.17. The van der Waals surface area contributed by atoms with Crippen LogP contribution >= 0.6 is 0 Å². The molecule has 0 atom stereocenters. The van der Waals surface area contributed by atoms with Crippen molar-refractivity contribution >= 4 is 27.3 Å². The number of anilines is 2. The number of aromatic hydroxyl groups is 1. The molecule has 0 saturated heterocycles. The maximum absolute atomic E-state index is 13.2. The topological polar surface area (TPSA) is 112 Å². The van der Waals surface area contributed by atoms with E-state index < -0.39 is 10.0 Å². The predicted molar refractivity (Wildman–Crippen MR) is 128 cm³/mol. The molecule has 0 saturated carbocycles. The minimum Gasteiger partial charge on any atom is -0.506 e. The summed E-state index contributed by atoms with van der Waals surface area (Å²) < 4.78 is 25.4. The number of benzene rings is 2. The highest BCUT2D eigenvalue weighted by Gasteiger charge is 2.27. The average molecular weight is 467 g/mol. The van der Waals surface area contributed by atoms with E-state index >= 15 is 0 Å². The normalized spacial score (nSPS) is 14.2. The van der Waals surface area contributed by atoms with Crippen molar-refractivity contribution in [2.45, 2.75) is 32.6 Å². The number of carbonyl (C=O) groups is 1. The molecule has 1 aromatic heterocycles. The molecule has 8 nitrogen and oxygen atoms in total. The van der Waals surface area contributed by atoms with Gasteiger partial charge < -0.3 is 10.0 Å². The number of aromatic nitrogens is 2. The fourth-order valence-corrected chi connectivity index (χ4v) is 4.29. The summed E-state index contributed by atoms with van der Waals surface area (Å²) in [7, 11) is -3.58. The van der Waals surface area contributed by atoms with E-state index in [2.05, 4.69) is 35.5 Å². The number of nitrogens with zero attached hydrogens (tertiary/aromatic N) is 3. The van der Waals surface area contributed by atoms with Crippen LogP contribution in [0.1, 0.15) is 42.4 Å². The Bertz CT molecular complexity index is 1330. The molecule has 2 heterocycles. The second kappa shape index (κ2) is 8.15. The van der Waals surface area contributed by atoms with Crippen molar-refractivity contribution in [3.8, 4) is 17.0 Å². The average Bonchev–Trinajstić information content (AvgIpc) is 2.74. The Balaban J connectivity index is 1.61. The fourth-order valence-electron chi connectivity index (χ4n) is 3.73. The van der Waals surface area contributed by atoms with E-state index in [1.807, 2.05) is 12.1 Å². The zero-order chi connectivity index (χ0) is 24.0. The van der Waals surface area contributed by atoms with Crippen LogP contribution in [0.4, 0.5) is 11.4 Å². The number of carbonyl (C=O) groups excluding carboxylic acids is 1. The van der Waals surface area contributed by atoms with Crippen molar-refractivity contribution in [1.82, 2.24) is 9.97 Å². The Labute approximate surface area is 193 Å². The zero-order valence-corrected chi connectivity index (χ0v) is 19.8. The molecule has 1 amide bonds. The summed E-state index contributed by atoms with van der Waals surface area (Å²) in [6, 6.07) is 10.0. The Morgan fingerprint density at radius 1 is 1.06 bits per heavy atom. The Kier molecular flexibility index (Phi) is 5.61. The van der Waals surface area contributed by atoms with Crippen LogP contribution in [0.5, 0.6) is 5.75 Å². The molecule has 1 aliphatic rings. The monoisotopic (exact) mass is 466 g/mol. The van der Waals surface area contributed by atoms with Crippen molar-refractivity contribution in [3.63, 3.8) is 0 Å². The Hall–Kier alpha value is -3.46. The minimum atomic E-state index is -3.58. The van der Waals surface area contributed by atoms with Crippen LogP contribution in [0.2, 0.25) is 0 Å². The van der Waals surface area contributed by atoms with Gasteiger partial charge in [0.1, 0.15) is 5.75 Å². The second-order valence-corrected chi connectivity index (χ2v) is 10.9. The Morgan fingerprint density at radius 2 is 1.82 bits per heavy atom. The molecule has 172 valence electrons. The van der Waals surface area contributed by atoms with Crippen molar-refractivity contribution in [1.29, 1.82) is 0 Å². The van der Waals surface area contributed by atoms with E-state index in [0.29, 0.717) is 24.2 Å². The van der Waals surface area contributed by atoms with Crippen LogP contribution < -0.4 is 9.62 Å². The minimum absolute atomic E-state index is 0.0289. The number of phenols is 1. The molecule has 2 N–H and O–H groups in total. The zero-order valence-electron chi connectivity index (χ0n) is 19.0.